The molecule has 1 rings (SSSR count). The Hall–Kier alpha value is -0.0800. The van der Waals surface area contributed by atoms with Crippen molar-refractivity contribution in [3.63, 3.8) is 0 Å². The van der Waals surface area contributed by atoms with Crippen molar-refractivity contribution in [2.75, 3.05) is 26.8 Å². The van der Waals surface area contributed by atoms with Gasteiger partial charge >= 0.3 is 0 Å². The summed E-state index contributed by atoms with van der Waals surface area (Å²) in [4.78, 5) is 0. The topological polar surface area (TPSA) is 21.3 Å². The second-order valence-electron chi connectivity index (χ2n) is 3.73. The molecule has 1 fully saturated rings. The lowest BCUT2D eigenvalue weighted by molar-refractivity contribution is 0.123. The molecule has 0 aliphatic carbocycles. The van der Waals surface area contributed by atoms with Crippen LogP contribution in [0.4, 0.5) is 0 Å². The van der Waals surface area contributed by atoms with E-state index < -0.39 is 0 Å². The zero-order valence-corrected chi connectivity index (χ0v) is 7.76. The number of ether oxygens (including phenoxy) is 1. The standard InChI is InChI=1S/C9H19NO/c1-7-4-10-5-9(7)8(2)6-11-3/h7-10H,4-6H2,1-3H3. The fourth-order valence-corrected chi connectivity index (χ4v) is 1.98. The highest BCUT2D eigenvalue weighted by Gasteiger charge is 2.27. The highest BCUT2D eigenvalue weighted by molar-refractivity contribution is 4.81. The first-order valence-electron chi connectivity index (χ1n) is 4.45. The van der Waals surface area contributed by atoms with Crippen LogP contribution >= 0.6 is 0 Å². The van der Waals surface area contributed by atoms with Crippen molar-refractivity contribution in [1.82, 2.24) is 5.32 Å². The Kier molecular flexibility index (Phi) is 3.34. The summed E-state index contributed by atoms with van der Waals surface area (Å²) in [6.45, 7) is 7.84. The summed E-state index contributed by atoms with van der Waals surface area (Å²) in [5.74, 6) is 2.33. The van der Waals surface area contributed by atoms with E-state index >= 15 is 0 Å². The highest BCUT2D eigenvalue weighted by atomic mass is 16.5. The average Bonchev–Trinajstić information content (AvgIpc) is 2.36. The molecule has 0 aromatic carbocycles. The minimum absolute atomic E-state index is 0.699. The number of methoxy groups -OCH3 is 1. The van der Waals surface area contributed by atoms with E-state index in [1.54, 1.807) is 7.11 Å². The van der Waals surface area contributed by atoms with Gasteiger partial charge < -0.3 is 10.1 Å². The molecule has 0 bridgehead atoms. The van der Waals surface area contributed by atoms with E-state index in [1.165, 1.54) is 13.1 Å². The lowest BCUT2D eigenvalue weighted by atomic mass is 9.87. The van der Waals surface area contributed by atoms with Crippen LogP contribution in [0.1, 0.15) is 13.8 Å². The van der Waals surface area contributed by atoms with Crippen molar-refractivity contribution in [1.29, 1.82) is 0 Å². The highest BCUT2D eigenvalue weighted by Crippen LogP contribution is 2.24. The average molecular weight is 157 g/mol. The van der Waals surface area contributed by atoms with Crippen molar-refractivity contribution in [3.05, 3.63) is 0 Å². The molecule has 0 saturated carbocycles. The van der Waals surface area contributed by atoms with Crippen LogP contribution in [0, 0.1) is 17.8 Å². The molecule has 1 heterocycles. The molecule has 1 aliphatic heterocycles. The van der Waals surface area contributed by atoms with Gasteiger partial charge in [0.05, 0.1) is 0 Å². The van der Waals surface area contributed by atoms with Crippen molar-refractivity contribution >= 4 is 0 Å². The molecule has 3 atom stereocenters. The summed E-state index contributed by atoms with van der Waals surface area (Å²) in [5.41, 5.74) is 0. The second kappa shape index (κ2) is 4.07. The third kappa shape index (κ3) is 2.17. The maximum absolute atomic E-state index is 5.14. The first kappa shape index (κ1) is 9.01. The largest absolute Gasteiger partial charge is 0.384 e. The van der Waals surface area contributed by atoms with Crippen LogP contribution in [0.25, 0.3) is 0 Å². The van der Waals surface area contributed by atoms with E-state index in [2.05, 4.69) is 19.2 Å². The van der Waals surface area contributed by atoms with Crippen LogP contribution in [-0.2, 0) is 4.74 Å². The van der Waals surface area contributed by atoms with E-state index in [1.807, 2.05) is 0 Å². The predicted molar refractivity (Wildman–Crippen MR) is 46.6 cm³/mol. The number of hydrogen-bond acceptors (Lipinski definition) is 2. The Bertz CT molecular complexity index is 116. The smallest absolute Gasteiger partial charge is 0.0491 e. The second-order valence-corrected chi connectivity index (χ2v) is 3.73. The van der Waals surface area contributed by atoms with Crippen LogP contribution in [-0.4, -0.2) is 26.8 Å². The number of hydrogen-bond donors (Lipinski definition) is 1. The van der Waals surface area contributed by atoms with Crippen molar-refractivity contribution in [3.8, 4) is 0 Å². The Morgan fingerprint density at radius 2 is 2.27 bits per heavy atom. The molecule has 0 aromatic heterocycles. The molecule has 66 valence electrons. The van der Waals surface area contributed by atoms with E-state index in [0.717, 1.165) is 18.4 Å². The molecule has 0 radical (unpaired) electrons. The van der Waals surface area contributed by atoms with Gasteiger partial charge in [-0.1, -0.05) is 13.8 Å². The monoisotopic (exact) mass is 157 g/mol. The van der Waals surface area contributed by atoms with E-state index in [0.29, 0.717) is 5.92 Å². The summed E-state index contributed by atoms with van der Waals surface area (Å²) < 4.78 is 5.14. The minimum Gasteiger partial charge on any atom is -0.384 e. The SMILES string of the molecule is COCC(C)C1CNCC1C. The molecule has 3 unspecified atom stereocenters. The van der Waals surface area contributed by atoms with Crippen LogP contribution in [0.5, 0.6) is 0 Å². The van der Waals surface area contributed by atoms with Gasteiger partial charge in [0.2, 0.25) is 0 Å². The van der Waals surface area contributed by atoms with Gasteiger partial charge in [0.1, 0.15) is 0 Å². The Labute approximate surface area is 69.3 Å². The van der Waals surface area contributed by atoms with Crippen molar-refractivity contribution < 1.29 is 4.74 Å². The summed E-state index contributed by atoms with van der Waals surface area (Å²) in [6.07, 6.45) is 0. The third-order valence-corrected chi connectivity index (χ3v) is 2.74. The molecule has 1 saturated heterocycles. The van der Waals surface area contributed by atoms with Crippen molar-refractivity contribution in [2.45, 2.75) is 13.8 Å². The Balaban J connectivity index is 2.33. The molecular weight excluding hydrogens is 138 g/mol. The van der Waals surface area contributed by atoms with E-state index in [4.69, 9.17) is 4.74 Å². The molecule has 0 amide bonds. The third-order valence-electron chi connectivity index (χ3n) is 2.74. The Morgan fingerprint density at radius 3 is 2.73 bits per heavy atom. The van der Waals surface area contributed by atoms with Crippen LogP contribution in [0.2, 0.25) is 0 Å². The molecule has 0 aromatic rings. The van der Waals surface area contributed by atoms with Gasteiger partial charge in [-0.25, -0.2) is 0 Å². The van der Waals surface area contributed by atoms with Gasteiger partial charge in [0.25, 0.3) is 0 Å². The Morgan fingerprint density at radius 1 is 1.55 bits per heavy atom. The molecule has 2 heteroatoms. The first-order valence-corrected chi connectivity index (χ1v) is 4.45. The molecule has 11 heavy (non-hydrogen) atoms. The molecule has 2 nitrogen and oxygen atoms in total. The zero-order chi connectivity index (χ0) is 8.27. The fraction of sp³-hybridized carbons (Fsp3) is 1.00. The summed E-state index contributed by atoms with van der Waals surface area (Å²) >= 11 is 0. The first-order chi connectivity index (χ1) is 5.25. The van der Waals surface area contributed by atoms with Crippen molar-refractivity contribution in [2.24, 2.45) is 17.8 Å². The van der Waals surface area contributed by atoms with Gasteiger partial charge in [-0.15, -0.1) is 0 Å². The molecular formula is C9H19NO. The predicted octanol–water partition coefficient (Wildman–Crippen LogP) is 1.12. The normalized spacial score (nSPS) is 34.1. The quantitative estimate of drug-likeness (QED) is 0.663. The van der Waals surface area contributed by atoms with Gasteiger partial charge in [0.15, 0.2) is 0 Å². The minimum atomic E-state index is 0.699. The number of rotatable bonds is 3. The van der Waals surface area contributed by atoms with E-state index in [9.17, 15) is 0 Å². The van der Waals surface area contributed by atoms with Crippen LogP contribution in [0.3, 0.4) is 0 Å². The van der Waals surface area contributed by atoms with Gasteiger partial charge in [-0.05, 0) is 30.8 Å². The lowest BCUT2D eigenvalue weighted by Crippen LogP contribution is -2.22. The maximum Gasteiger partial charge on any atom is 0.0491 e. The maximum atomic E-state index is 5.14. The summed E-state index contributed by atoms with van der Waals surface area (Å²) in [5, 5.41) is 3.41. The number of nitrogens with one attached hydrogen (secondary N) is 1. The summed E-state index contributed by atoms with van der Waals surface area (Å²) in [7, 11) is 1.78. The van der Waals surface area contributed by atoms with Crippen LogP contribution < -0.4 is 5.32 Å². The molecule has 1 N–H and O–H groups in total. The molecule has 0 spiro atoms. The lowest BCUT2D eigenvalue weighted by Gasteiger charge is -2.21. The zero-order valence-electron chi connectivity index (χ0n) is 7.76. The van der Waals surface area contributed by atoms with E-state index in [-0.39, 0.29) is 0 Å². The molecule has 1 aliphatic rings. The van der Waals surface area contributed by atoms with Crippen LogP contribution in [0.15, 0.2) is 0 Å². The van der Waals surface area contributed by atoms with Gasteiger partial charge in [0, 0.05) is 13.7 Å². The fourth-order valence-electron chi connectivity index (χ4n) is 1.98. The summed E-state index contributed by atoms with van der Waals surface area (Å²) in [6, 6.07) is 0. The van der Waals surface area contributed by atoms with Gasteiger partial charge in [-0.2, -0.15) is 0 Å². The van der Waals surface area contributed by atoms with Gasteiger partial charge in [-0.3, -0.25) is 0 Å².